The molecule has 0 atom stereocenters. The molecule has 156 valence electrons. The second-order valence-electron chi connectivity index (χ2n) is 5.83. The third kappa shape index (κ3) is 4.21. The van der Waals surface area contributed by atoms with Crippen molar-refractivity contribution < 1.29 is 31.1 Å². The highest BCUT2D eigenvalue weighted by Crippen LogP contribution is 2.38. The Bertz CT molecular complexity index is 1200. The first-order valence-electron chi connectivity index (χ1n) is 7.81. The normalized spacial score (nSPS) is 12.5. The number of hydrogen-bond acceptors (Lipinski definition) is 8. The third-order valence-corrected chi connectivity index (χ3v) is 6.86. The Labute approximate surface area is 171 Å². The number of carbonyl (C=O) groups is 1. The van der Waals surface area contributed by atoms with Gasteiger partial charge in [-0.25, -0.2) is 8.42 Å². The summed E-state index contributed by atoms with van der Waals surface area (Å²) < 4.78 is 69.4. The van der Waals surface area contributed by atoms with Crippen LogP contribution in [0.1, 0.15) is 11.4 Å². The fourth-order valence-electron chi connectivity index (χ4n) is 2.55. The van der Waals surface area contributed by atoms with E-state index < -0.39 is 32.7 Å². The number of benzene rings is 1. The van der Waals surface area contributed by atoms with E-state index in [4.69, 9.17) is 11.6 Å². The van der Waals surface area contributed by atoms with Crippen LogP contribution >= 0.6 is 22.9 Å². The number of hydrogen-bond donors (Lipinski definition) is 0. The Morgan fingerprint density at radius 1 is 1.31 bits per heavy atom. The number of sulfone groups is 1. The van der Waals surface area contributed by atoms with Gasteiger partial charge in [0.25, 0.3) is 0 Å². The first-order valence-corrected chi connectivity index (χ1v) is 10.7. The summed E-state index contributed by atoms with van der Waals surface area (Å²) >= 11 is 6.49. The van der Waals surface area contributed by atoms with Crippen LogP contribution in [0.5, 0.6) is 0 Å². The standard InChI is InChI=1S/C15H12ClF3N4O4S2/c1-23-12-8(11(22-23)13-20-21-14(28-13)15(17,18)19)5-7(6-9(12)16)29(25,26)4-3-10(24)27-2/h5-6H,3-4H2,1-2H3. The summed E-state index contributed by atoms with van der Waals surface area (Å²) in [6.45, 7) is 0. The molecule has 8 nitrogen and oxygen atoms in total. The molecule has 1 aromatic carbocycles. The number of alkyl halides is 3. The molecule has 0 fully saturated rings. The third-order valence-electron chi connectivity index (χ3n) is 3.90. The molecule has 0 aliphatic carbocycles. The maximum atomic E-state index is 12.8. The van der Waals surface area contributed by atoms with E-state index in [2.05, 4.69) is 20.0 Å². The van der Waals surface area contributed by atoms with Crippen LogP contribution in [0.15, 0.2) is 17.0 Å². The second kappa shape index (κ2) is 7.54. The van der Waals surface area contributed by atoms with Gasteiger partial charge >= 0.3 is 12.1 Å². The van der Waals surface area contributed by atoms with Crippen LogP contribution < -0.4 is 0 Å². The summed E-state index contributed by atoms with van der Waals surface area (Å²) in [6.07, 6.45) is -5.03. The number of aryl methyl sites for hydroxylation is 1. The minimum absolute atomic E-state index is 0.0161. The average Bonchev–Trinajstić information content (AvgIpc) is 3.24. The summed E-state index contributed by atoms with van der Waals surface area (Å²) in [4.78, 5) is 11.1. The van der Waals surface area contributed by atoms with Gasteiger partial charge in [-0.15, -0.1) is 10.2 Å². The Kier molecular flexibility index (Phi) is 5.58. The zero-order valence-corrected chi connectivity index (χ0v) is 17.2. The van der Waals surface area contributed by atoms with Crippen molar-refractivity contribution in [3.8, 4) is 10.7 Å². The molecule has 0 aliphatic rings. The summed E-state index contributed by atoms with van der Waals surface area (Å²) in [5.41, 5.74) is 0.333. The highest BCUT2D eigenvalue weighted by atomic mass is 35.5. The molecule has 0 unspecified atom stereocenters. The first kappa shape index (κ1) is 21.5. The summed E-state index contributed by atoms with van der Waals surface area (Å²) in [5.74, 6) is -1.22. The summed E-state index contributed by atoms with van der Waals surface area (Å²) in [6, 6.07) is 2.44. The molecule has 0 spiro atoms. The maximum absolute atomic E-state index is 12.8. The minimum Gasteiger partial charge on any atom is -0.469 e. The number of fused-ring (bicyclic) bond motifs is 1. The molecule has 29 heavy (non-hydrogen) atoms. The number of methoxy groups -OCH3 is 1. The van der Waals surface area contributed by atoms with E-state index in [-0.39, 0.29) is 43.8 Å². The van der Waals surface area contributed by atoms with E-state index in [0.29, 0.717) is 5.52 Å². The fraction of sp³-hybridized carbons (Fsp3) is 0.333. The number of halogens is 4. The molecule has 3 aromatic rings. The van der Waals surface area contributed by atoms with E-state index >= 15 is 0 Å². The molecule has 0 saturated carbocycles. The lowest BCUT2D eigenvalue weighted by atomic mass is 10.2. The lowest BCUT2D eigenvalue weighted by Gasteiger charge is -2.06. The highest BCUT2D eigenvalue weighted by molar-refractivity contribution is 7.91. The second-order valence-corrected chi connectivity index (χ2v) is 9.32. The Balaban J connectivity index is 2.12. The van der Waals surface area contributed by atoms with Crippen molar-refractivity contribution in [1.82, 2.24) is 20.0 Å². The van der Waals surface area contributed by atoms with Gasteiger partial charge in [-0.05, 0) is 12.1 Å². The van der Waals surface area contributed by atoms with Crippen LogP contribution in [0, 0.1) is 0 Å². The maximum Gasteiger partial charge on any atom is 0.445 e. The van der Waals surface area contributed by atoms with Crippen LogP contribution in [-0.2, 0) is 32.6 Å². The first-order chi connectivity index (χ1) is 13.4. The molecular weight excluding hydrogens is 457 g/mol. The number of nitrogens with zero attached hydrogens (tertiary/aromatic N) is 4. The zero-order valence-electron chi connectivity index (χ0n) is 14.8. The topological polar surface area (TPSA) is 104 Å². The van der Waals surface area contributed by atoms with Crippen LogP contribution in [-0.4, -0.2) is 47.2 Å². The minimum atomic E-state index is -4.67. The van der Waals surface area contributed by atoms with Crippen molar-refractivity contribution in [1.29, 1.82) is 0 Å². The molecule has 2 heterocycles. The summed E-state index contributed by atoms with van der Waals surface area (Å²) in [5, 5.41) is 9.72. The number of carbonyl (C=O) groups excluding carboxylic acids is 1. The smallest absolute Gasteiger partial charge is 0.445 e. The molecule has 3 rings (SSSR count). The Morgan fingerprint density at radius 2 is 2.00 bits per heavy atom. The van der Waals surface area contributed by atoms with E-state index in [1.807, 2.05) is 0 Å². The Hall–Kier alpha value is -2.25. The van der Waals surface area contributed by atoms with Crippen molar-refractivity contribution in [2.45, 2.75) is 17.5 Å². The van der Waals surface area contributed by atoms with Crippen LogP contribution in [0.25, 0.3) is 21.6 Å². The molecule has 0 bridgehead atoms. The van der Waals surface area contributed by atoms with Gasteiger partial charge in [0, 0.05) is 12.4 Å². The molecule has 0 radical (unpaired) electrons. The average molecular weight is 469 g/mol. The van der Waals surface area contributed by atoms with Gasteiger partial charge in [-0.2, -0.15) is 18.3 Å². The van der Waals surface area contributed by atoms with Crippen LogP contribution in [0.3, 0.4) is 0 Å². The molecule has 0 N–H and O–H groups in total. The monoisotopic (exact) mass is 468 g/mol. The number of rotatable bonds is 5. The molecule has 0 aliphatic heterocycles. The molecular formula is C15H12ClF3N4O4S2. The van der Waals surface area contributed by atoms with E-state index in [1.165, 1.54) is 23.9 Å². The zero-order chi connectivity index (χ0) is 21.6. The van der Waals surface area contributed by atoms with Gasteiger partial charge in [-0.3, -0.25) is 9.48 Å². The van der Waals surface area contributed by atoms with Crippen molar-refractivity contribution >= 4 is 49.6 Å². The van der Waals surface area contributed by atoms with Crippen molar-refractivity contribution in [2.75, 3.05) is 12.9 Å². The van der Waals surface area contributed by atoms with Gasteiger partial charge in [0.1, 0.15) is 5.69 Å². The fourth-order valence-corrected chi connectivity index (χ4v) is 4.93. The quantitative estimate of drug-likeness (QED) is 0.530. The predicted molar refractivity (Wildman–Crippen MR) is 98.3 cm³/mol. The molecule has 14 heteroatoms. The van der Waals surface area contributed by atoms with Gasteiger partial charge in [0.05, 0.1) is 34.7 Å². The number of esters is 1. The van der Waals surface area contributed by atoms with Crippen molar-refractivity contribution in [3.63, 3.8) is 0 Å². The number of aromatic nitrogens is 4. The lowest BCUT2D eigenvalue weighted by molar-refractivity contribution is -0.140. The van der Waals surface area contributed by atoms with Crippen molar-refractivity contribution in [2.24, 2.45) is 7.05 Å². The van der Waals surface area contributed by atoms with E-state index in [1.54, 1.807) is 0 Å². The van der Waals surface area contributed by atoms with E-state index in [9.17, 15) is 26.4 Å². The number of ether oxygens (including phenoxy) is 1. The lowest BCUT2D eigenvalue weighted by Crippen LogP contribution is -2.12. The molecule has 2 aromatic heterocycles. The predicted octanol–water partition coefficient (Wildman–Crippen LogP) is 3.10. The largest absolute Gasteiger partial charge is 0.469 e. The van der Waals surface area contributed by atoms with Gasteiger partial charge in [-0.1, -0.05) is 22.9 Å². The SMILES string of the molecule is COC(=O)CCS(=O)(=O)c1cc(Cl)c2c(c1)c(-c1nnc(C(F)(F)F)s1)nn2C. The van der Waals surface area contributed by atoms with Crippen LogP contribution in [0.4, 0.5) is 13.2 Å². The van der Waals surface area contributed by atoms with Gasteiger partial charge < -0.3 is 4.74 Å². The van der Waals surface area contributed by atoms with Gasteiger partial charge in [0.15, 0.2) is 14.8 Å². The summed E-state index contributed by atoms with van der Waals surface area (Å²) in [7, 11) is -1.28. The highest BCUT2D eigenvalue weighted by Gasteiger charge is 2.36. The molecule has 0 saturated heterocycles. The van der Waals surface area contributed by atoms with Crippen molar-refractivity contribution in [3.05, 3.63) is 22.2 Å². The van der Waals surface area contributed by atoms with Gasteiger partial charge in [0.2, 0.25) is 5.01 Å². The Morgan fingerprint density at radius 3 is 2.59 bits per heavy atom. The van der Waals surface area contributed by atoms with E-state index in [0.717, 1.165) is 7.11 Å². The van der Waals surface area contributed by atoms with Crippen LogP contribution in [0.2, 0.25) is 5.02 Å². The molecule has 0 amide bonds.